The number of carbonyl (C=O) groups excluding carboxylic acids is 1. The van der Waals surface area contributed by atoms with E-state index in [2.05, 4.69) is 4.98 Å². The van der Waals surface area contributed by atoms with Crippen molar-refractivity contribution < 1.29 is 4.79 Å². The Labute approximate surface area is 145 Å². The standard InChI is InChI=1S/C19H18ClN3O/c1-10(2)14-5-3-11(8-16(14)19(22)24)15-9-12-7-13(20)4-6-17(12)23-18(15)21/h3-10H,1-2H3,(H2,21,23)(H2,22,24). The molecule has 0 fully saturated rings. The molecule has 122 valence electrons. The highest BCUT2D eigenvalue weighted by Crippen LogP contribution is 2.32. The molecule has 0 radical (unpaired) electrons. The van der Waals surface area contributed by atoms with Crippen molar-refractivity contribution in [3.63, 3.8) is 0 Å². The first-order valence-corrected chi connectivity index (χ1v) is 8.04. The number of nitrogens with two attached hydrogens (primary N) is 2. The molecule has 4 N–H and O–H groups in total. The number of rotatable bonds is 3. The number of amides is 1. The molecular formula is C19H18ClN3O. The van der Waals surface area contributed by atoms with E-state index in [1.165, 1.54) is 0 Å². The molecule has 3 rings (SSSR count). The first-order valence-electron chi connectivity index (χ1n) is 7.66. The SMILES string of the molecule is CC(C)c1ccc(-c2cc3cc(Cl)ccc3nc2N)cc1C(N)=O. The lowest BCUT2D eigenvalue weighted by Gasteiger charge is -2.14. The zero-order chi connectivity index (χ0) is 17.4. The van der Waals surface area contributed by atoms with Crippen LogP contribution in [0.1, 0.15) is 35.7 Å². The number of nitrogens with zero attached hydrogens (tertiary/aromatic N) is 1. The van der Waals surface area contributed by atoms with E-state index in [1.54, 1.807) is 12.1 Å². The topological polar surface area (TPSA) is 82.0 Å². The average Bonchev–Trinajstić information content (AvgIpc) is 2.54. The molecule has 0 spiro atoms. The molecule has 0 atom stereocenters. The van der Waals surface area contributed by atoms with E-state index < -0.39 is 5.91 Å². The number of pyridine rings is 1. The lowest BCUT2D eigenvalue weighted by atomic mass is 9.92. The molecule has 1 amide bonds. The van der Waals surface area contributed by atoms with Crippen LogP contribution >= 0.6 is 11.6 Å². The third-order valence-corrected chi connectivity index (χ3v) is 4.29. The molecule has 0 aliphatic rings. The van der Waals surface area contributed by atoms with Gasteiger partial charge in [0.1, 0.15) is 5.82 Å². The van der Waals surface area contributed by atoms with Crippen molar-refractivity contribution in [1.29, 1.82) is 0 Å². The third kappa shape index (κ3) is 2.93. The van der Waals surface area contributed by atoms with Crippen LogP contribution in [0.25, 0.3) is 22.0 Å². The second-order valence-electron chi connectivity index (χ2n) is 6.08. The number of halogens is 1. The van der Waals surface area contributed by atoms with Gasteiger partial charge in [-0.1, -0.05) is 37.6 Å². The lowest BCUT2D eigenvalue weighted by molar-refractivity contribution is 0.0999. The first-order chi connectivity index (χ1) is 11.4. The predicted molar refractivity (Wildman–Crippen MR) is 99.2 cm³/mol. The van der Waals surface area contributed by atoms with Crippen LogP contribution in [0.3, 0.4) is 0 Å². The summed E-state index contributed by atoms with van der Waals surface area (Å²) >= 11 is 6.06. The molecule has 0 bridgehead atoms. The summed E-state index contributed by atoms with van der Waals surface area (Å²) in [5.41, 5.74) is 15.4. The van der Waals surface area contributed by atoms with Gasteiger partial charge in [-0.15, -0.1) is 0 Å². The van der Waals surface area contributed by atoms with E-state index in [1.807, 2.05) is 44.2 Å². The Morgan fingerprint density at radius 2 is 1.88 bits per heavy atom. The number of fused-ring (bicyclic) bond motifs is 1. The number of hydrogen-bond acceptors (Lipinski definition) is 3. The zero-order valence-electron chi connectivity index (χ0n) is 13.5. The minimum atomic E-state index is -0.448. The molecule has 2 aromatic carbocycles. The molecule has 24 heavy (non-hydrogen) atoms. The summed E-state index contributed by atoms with van der Waals surface area (Å²) in [5, 5.41) is 1.52. The van der Waals surface area contributed by atoms with Crippen LogP contribution in [0.2, 0.25) is 5.02 Å². The van der Waals surface area contributed by atoms with Crippen molar-refractivity contribution in [2.75, 3.05) is 5.73 Å². The summed E-state index contributed by atoms with van der Waals surface area (Å²) < 4.78 is 0. The fraction of sp³-hybridized carbons (Fsp3) is 0.158. The number of nitrogen functional groups attached to an aromatic ring is 1. The summed E-state index contributed by atoms with van der Waals surface area (Å²) in [5.74, 6) is 0.154. The Morgan fingerprint density at radius 1 is 1.12 bits per heavy atom. The minimum Gasteiger partial charge on any atom is -0.383 e. The maximum atomic E-state index is 11.8. The normalized spacial score (nSPS) is 11.2. The van der Waals surface area contributed by atoms with Crippen molar-refractivity contribution >= 4 is 34.2 Å². The summed E-state index contributed by atoms with van der Waals surface area (Å²) in [7, 11) is 0. The van der Waals surface area contributed by atoms with Gasteiger partial charge in [-0.05, 0) is 47.4 Å². The second kappa shape index (κ2) is 6.13. The van der Waals surface area contributed by atoms with Gasteiger partial charge in [-0.2, -0.15) is 0 Å². The molecule has 0 saturated carbocycles. The van der Waals surface area contributed by atoms with Crippen LogP contribution in [0.5, 0.6) is 0 Å². The Balaban J connectivity index is 2.21. The summed E-state index contributed by atoms with van der Waals surface area (Å²) in [6, 6.07) is 13.0. The van der Waals surface area contributed by atoms with Gasteiger partial charge in [0.25, 0.3) is 0 Å². The molecule has 0 aliphatic heterocycles. The van der Waals surface area contributed by atoms with Crippen molar-refractivity contribution in [3.8, 4) is 11.1 Å². The quantitative estimate of drug-likeness (QED) is 0.743. The summed E-state index contributed by atoms with van der Waals surface area (Å²) in [4.78, 5) is 16.2. The molecule has 1 aromatic heterocycles. The zero-order valence-corrected chi connectivity index (χ0v) is 14.3. The smallest absolute Gasteiger partial charge is 0.249 e. The van der Waals surface area contributed by atoms with Gasteiger partial charge in [0, 0.05) is 21.5 Å². The van der Waals surface area contributed by atoms with E-state index in [9.17, 15) is 4.79 Å². The van der Waals surface area contributed by atoms with Crippen LogP contribution in [0.4, 0.5) is 5.82 Å². The number of anilines is 1. The summed E-state index contributed by atoms with van der Waals surface area (Å²) in [6.07, 6.45) is 0. The first kappa shape index (κ1) is 16.3. The van der Waals surface area contributed by atoms with Crippen molar-refractivity contribution in [1.82, 2.24) is 4.98 Å². The molecule has 0 saturated heterocycles. The molecule has 3 aromatic rings. The molecule has 0 unspecified atom stereocenters. The monoisotopic (exact) mass is 339 g/mol. The Hall–Kier alpha value is -2.59. The molecule has 0 aliphatic carbocycles. The van der Waals surface area contributed by atoms with Gasteiger partial charge in [0.05, 0.1) is 5.52 Å². The largest absolute Gasteiger partial charge is 0.383 e. The van der Waals surface area contributed by atoms with Crippen molar-refractivity contribution in [2.24, 2.45) is 5.73 Å². The highest BCUT2D eigenvalue weighted by molar-refractivity contribution is 6.31. The van der Waals surface area contributed by atoms with Crippen LogP contribution in [-0.4, -0.2) is 10.9 Å². The number of primary amides is 1. The molecule has 4 nitrogen and oxygen atoms in total. The Morgan fingerprint density at radius 3 is 2.54 bits per heavy atom. The van der Waals surface area contributed by atoms with Crippen LogP contribution in [0.15, 0.2) is 42.5 Å². The fourth-order valence-corrected chi connectivity index (χ4v) is 3.01. The van der Waals surface area contributed by atoms with Gasteiger partial charge in [0.15, 0.2) is 0 Å². The molecular weight excluding hydrogens is 322 g/mol. The highest BCUT2D eigenvalue weighted by atomic mass is 35.5. The van der Waals surface area contributed by atoms with E-state index in [-0.39, 0.29) is 5.92 Å². The maximum absolute atomic E-state index is 11.8. The number of benzene rings is 2. The van der Waals surface area contributed by atoms with Crippen molar-refractivity contribution in [3.05, 3.63) is 58.6 Å². The number of aromatic nitrogens is 1. The minimum absolute atomic E-state index is 0.201. The van der Waals surface area contributed by atoms with Crippen LogP contribution < -0.4 is 11.5 Å². The Bertz CT molecular complexity index is 951. The van der Waals surface area contributed by atoms with Gasteiger partial charge in [-0.3, -0.25) is 4.79 Å². The van der Waals surface area contributed by atoms with Gasteiger partial charge >= 0.3 is 0 Å². The second-order valence-corrected chi connectivity index (χ2v) is 6.52. The Kier molecular flexibility index (Phi) is 4.16. The lowest BCUT2D eigenvalue weighted by Crippen LogP contribution is -2.14. The summed E-state index contributed by atoms with van der Waals surface area (Å²) in [6.45, 7) is 4.05. The van der Waals surface area contributed by atoms with E-state index >= 15 is 0 Å². The van der Waals surface area contributed by atoms with Crippen LogP contribution in [-0.2, 0) is 0 Å². The number of carbonyl (C=O) groups is 1. The van der Waals surface area contributed by atoms with Crippen LogP contribution in [0, 0.1) is 0 Å². The predicted octanol–water partition coefficient (Wildman–Crippen LogP) is 4.36. The number of hydrogen-bond donors (Lipinski definition) is 2. The van der Waals surface area contributed by atoms with Gasteiger partial charge in [-0.25, -0.2) is 4.98 Å². The van der Waals surface area contributed by atoms with E-state index in [0.29, 0.717) is 16.4 Å². The average molecular weight is 340 g/mol. The maximum Gasteiger partial charge on any atom is 0.249 e. The molecule has 1 heterocycles. The van der Waals surface area contributed by atoms with Gasteiger partial charge < -0.3 is 11.5 Å². The van der Waals surface area contributed by atoms with E-state index in [4.69, 9.17) is 23.1 Å². The molecule has 5 heteroatoms. The highest BCUT2D eigenvalue weighted by Gasteiger charge is 2.14. The van der Waals surface area contributed by atoms with Gasteiger partial charge in [0.2, 0.25) is 5.91 Å². The van der Waals surface area contributed by atoms with E-state index in [0.717, 1.165) is 27.6 Å². The fourth-order valence-electron chi connectivity index (χ4n) is 2.83. The van der Waals surface area contributed by atoms with Crippen molar-refractivity contribution in [2.45, 2.75) is 19.8 Å². The third-order valence-electron chi connectivity index (χ3n) is 4.06.